The number of aromatic nitrogens is 1. The molecule has 2 heterocycles. The Kier molecular flexibility index (Phi) is 6.08. The molecule has 2 aromatic heterocycles. The number of pyridine rings is 1. The zero-order valence-electron chi connectivity index (χ0n) is 23.3. The molecule has 3 aliphatic carbocycles. The molecule has 0 saturated carbocycles. The summed E-state index contributed by atoms with van der Waals surface area (Å²) >= 11 is 5.67. The van der Waals surface area contributed by atoms with Gasteiger partial charge in [-0.3, -0.25) is 28.8 Å². The Bertz CT molecular complexity index is 2290. The number of Topliss-reactive ketones (excluding diaryl/α,β-unsaturated/α-hetero) is 3. The summed E-state index contributed by atoms with van der Waals surface area (Å²) in [5.41, 5.74) is -3.19. The Balaban J connectivity index is 1.32. The van der Waals surface area contributed by atoms with E-state index in [9.17, 15) is 44.1 Å². The van der Waals surface area contributed by atoms with E-state index in [2.05, 4.69) is 15.5 Å². The first-order valence-corrected chi connectivity index (χ1v) is 13.9. The number of aromatic hydroxyl groups is 3. The van der Waals surface area contributed by atoms with E-state index >= 15 is 0 Å². The Morgan fingerprint density at radius 1 is 1.02 bits per heavy atom. The first kappa shape index (κ1) is 28.7. The predicted molar refractivity (Wildman–Crippen MR) is 157 cm³/mol. The molecule has 0 radical (unpaired) electrons. The topological polar surface area (TPSA) is 226 Å². The van der Waals surface area contributed by atoms with Gasteiger partial charge in [-0.2, -0.15) is 5.10 Å². The van der Waals surface area contributed by atoms with Gasteiger partial charge in [-0.05, 0) is 53.6 Å². The number of allylic oxidation sites excluding steroid dienone is 2. The maximum absolute atomic E-state index is 14.1. The van der Waals surface area contributed by atoms with Crippen molar-refractivity contribution in [2.24, 2.45) is 5.10 Å². The molecular formula is C31H18ClN3O11. The number of nitrogens with one attached hydrogen (secondary N) is 2. The Labute approximate surface area is 260 Å². The standard InChI is InChI=1S/C31H18ClN3O11/c1-45-15-8-13(36)18-19(23(15)37)25(39)21-20(24(18)38)27(41)31(28(21)42)5-4-10-6-11-7-12(34-30(44)17(11)26(40)22(10)31)9-33-35-29(43)14-2-3-16(32)46-14/h2-3,6-9,38-40H,4-5H2,1H3,(H,34,44)(H,35,43)/t31-/m0/s1. The number of phenols is 3. The van der Waals surface area contributed by atoms with E-state index in [1.807, 2.05) is 0 Å². The first-order valence-electron chi connectivity index (χ1n) is 13.5. The molecule has 0 unspecified atom stereocenters. The number of rotatable bonds is 4. The maximum atomic E-state index is 14.1. The molecule has 3 aliphatic rings. The molecule has 4 aromatic rings. The van der Waals surface area contributed by atoms with Crippen LogP contribution in [-0.4, -0.2) is 62.7 Å². The van der Waals surface area contributed by atoms with Gasteiger partial charge in [-0.15, -0.1) is 0 Å². The van der Waals surface area contributed by atoms with E-state index in [0.717, 1.165) is 19.4 Å². The number of halogens is 1. The molecule has 0 aliphatic heterocycles. The molecule has 2 aromatic carbocycles. The summed E-state index contributed by atoms with van der Waals surface area (Å²) < 4.78 is 9.90. The van der Waals surface area contributed by atoms with Crippen molar-refractivity contribution < 1.29 is 48.4 Å². The van der Waals surface area contributed by atoms with Gasteiger partial charge in [-0.25, -0.2) is 5.43 Å². The number of nitrogens with zero attached hydrogens (tertiary/aromatic N) is 1. The van der Waals surface area contributed by atoms with Crippen LogP contribution < -0.4 is 11.0 Å². The van der Waals surface area contributed by atoms with Crippen LogP contribution in [0.1, 0.15) is 75.2 Å². The lowest BCUT2D eigenvalue weighted by atomic mass is 9.76. The van der Waals surface area contributed by atoms with Gasteiger partial charge < -0.3 is 29.5 Å². The minimum absolute atomic E-state index is 0.00267. The number of ether oxygens (including phenoxy) is 1. The van der Waals surface area contributed by atoms with Crippen molar-refractivity contribution >= 4 is 57.6 Å². The smallest absolute Gasteiger partial charge is 0.307 e. The fraction of sp³-hybridized carbons (Fsp3) is 0.129. The fourth-order valence-electron chi connectivity index (χ4n) is 6.48. The van der Waals surface area contributed by atoms with Crippen LogP contribution >= 0.6 is 11.6 Å². The quantitative estimate of drug-likeness (QED) is 0.0940. The number of ketones is 4. The Morgan fingerprint density at radius 2 is 1.72 bits per heavy atom. The number of aromatic amines is 1. The number of hydrogen-bond acceptors (Lipinski definition) is 12. The third kappa shape index (κ3) is 3.67. The number of methoxy groups -OCH3 is 1. The highest BCUT2D eigenvalue weighted by Gasteiger charge is 2.61. The molecule has 15 heteroatoms. The lowest BCUT2D eigenvalue weighted by Crippen LogP contribution is -2.36. The molecule has 46 heavy (non-hydrogen) atoms. The molecule has 1 atom stereocenters. The van der Waals surface area contributed by atoms with E-state index in [0.29, 0.717) is 5.56 Å². The van der Waals surface area contributed by atoms with Crippen molar-refractivity contribution in [3.63, 3.8) is 0 Å². The van der Waals surface area contributed by atoms with E-state index in [1.54, 1.807) is 0 Å². The Hall–Kier alpha value is -6.02. The lowest BCUT2D eigenvalue weighted by Gasteiger charge is -2.22. The minimum atomic E-state index is -2.16. The van der Waals surface area contributed by atoms with Gasteiger partial charge in [0, 0.05) is 11.6 Å². The van der Waals surface area contributed by atoms with Crippen molar-refractivity contribution in [3.05, 3.63) is 96.5 Å². The van der Waals surface area contributed by atoms with Gasteiger partial charge in [0.15, 0.2) is 34.1 Å². The van der Waals surface area contributed by atoms with Crippen LogP contribution in [0.2, 0.25) is 5.22 Å². The third-order valence-corrected chi connectivity index (χ3v) is 8.63. The summed E-state index contributed by atoms with van der Waals surface area (Å²) in [7, 11) is 1.12. The Morgan fingerprint density at radius 3 is 2.37 bits per heavy atom. The number of carbonyl (C=O) groups is 5. The van der Waals surface area contributed by atoms with Crippen LogP contribution in [-0.2, 0) is 16.6 Å². The highest BCUT2D eigenvalue weighted by atomic mass is 35.5. The van der Waals surface area contributed by atoms with Crippen LogP contribution in [0, 0.1) is 0 Å². The predicted octanol–water partition coefficient (Wildman–Crippen LogP) is 2.83. The van der Waals surface area contributed by atoms with Crippen LogP contribution in [0.15, 0.2) is 50.4 Å². The zero-order chi connectivity index (χ0) is 32.8. The van der Waals surface area contributed by atoms with E-state index in [1.165, 1.54) is 24.3 Å². The fourth-order valence-corrected chi connectivity index (χ4v) is 6.63. The summed E-state index contributed by atoms with van der Waals surface area (Å²) in [5, 5.41) is 37.4. The van der Waals surface area contributed by atoms with Crippen LogP contribution in [0.5, 0.6) is 17.2 Å². The van der Waals surface area contributed by atoms with E-state index < -0.39 is 85.3 Å². The number of benzene rings is 2. The molecule has 5 N–H and O–H groups in total. The summed E-state index contributed by atoms with van der Waals surface area (Å²) in [6.07, 6.45) is 1.79. The number of aryl methyl sites for hydroxylation is 1. The molecule has 0 saturated heterocycles. The van der Waals surface area contributed by atoms with E-state index in [4.69, 9.17) is 20.8 Å². The molecule has 230 valence electrons. The second kappa shape index (κ2) is 9.74. The number of amides is 1. The third-order valence-electron chi connectivity index (χ3n) is 8.43. The molecule has 1 amide bonds. The minimum Gasteiger partial charge on any atom is -0.507 e. The number of furan rings is 1. The van der Waals surface area contributed by atoms with E-state index in [-0.39, 0.29) is 45.9 Å². The number of H-pyrrole nitrogens is 1. The number of hydrazone groups is 1. The normalized spacial score (nSPS) is 18.3. The van der Waals surface area contributed by atoms with Gasteiger partial charge in [-0.1, -0.05) is 6.07 Å². The largest absolute Gasteiger partial charge is 0.507 e. The van der Waals surface area contributed by atoms with Gasteiger partial charge in [0.2, 0.25) is 5.78 Å². The number of carbonyl (C=O) groups excluding carboxylic acids is 5. The summed E-state index contributed by atoms with van der Waals surface area (Å²) in [6.45, 7) is 0. The highest BCUT2D eigenvalue weighted by Crippen LogP contribution is 2.57. The number of phenolic OH excluding ortho intramolecular Hbond substituents is 3. The molecule has 7 rings (SSSR count). The molecule has 0 fully saturated rings. The van der Waals surface area contributed by atoms with Crippen LogP contribution in [0.25, 0.3) is 10.8 Å². The SMILES string of the molecule is COC1=CC(=O)c2c(O)c3c(c(O)c2C1=O)C(=O)[C@]1(CCc2cc4cc(C=NNC(=O)c5ccc(Cl)o5)[nH]c(=O)c4c(O)c21)C3=O. The van der Waals surface area contributed by atoms with Crippen molar-refractivity contribution in [1.82, 2.24) is 10.4 Å². The summed E-state index contributed by atoms with van der Waals surface area (Å²) in [6, 6.07) is 5.66. The monoisotopic (exact) mass is 643 g/mol. The van der Waals surface area contributed by atoms with Crippen molar-refractivity contribution in [2.45, 2.75) is 18.3 Å². The van der Waals surface area contributed by atoms with Gasteiger partial charge >= 0.3 is 5.91 Å². The van der Waals surface area contributed by atoms with Crippen molar-refractivity contribution in [1.29, 1.82) is 0 Å². The number of fused-ring (bicyclic) bond motifs is 5. The van der Waals surface area contributed by atoms with Crippen LogP contribution in [0.3, 0.4) is 0 Å². The van der Waals surface area contributed by atoms with Crippen molar-refractivity contribution in [3.8, 4) is 17.2 Å². The first-order chi connectivity index (χ1) is 21.9. The number of hydrogen-bond donors (Lipinski definition) is 5. The van der Waals surface area contributed by atoms with Crippen LogP contribution in [0.4, 0.5) is 0 Å². The molecule has 1 spiro atoms. The lowest BCUT2D eigenvalue weighted by molar-refractivity contribution is 0.0790. The zero-order valence-corrected chi connectivity index (χ0v) is 24.1. The average Bonchev–Trinajstić information content (AvgIpc) is 3.68. The second-order valence-corrected chi connectivity index (χ2v) is 11.1. The second-order valence-electron chi connectivity index (χ2n) is 10.7. The average molecular weight is 644 g/mol. The summed E-state index contributed by atoms with van der Waals surface area (Å²) in [5.74, 6) is -7.79. The van der Waals surface area contributed by atoms with Gasteiger partial charge in [0.1, 0.15) is 22.7 Å². The molecular weight excluding hydrogens is 626 g/mol. The van der Waals surface area contributed by atoms with Gasteiger partial charge in [0.05, 0.1) is 46.7 Å². The molecule has 14 nitrogen and oxygen atoms in total. The highest BCUT2D eigenvalue weighted by molar-refractivity contribution is 6.39. The molecule has 0 bridgehead atoms. The maximum Gasteiger partial charge on any atom is 0.307 e. The summed E-state index contributed by atoms with van der Waals surface area (Å²) in [4.78, 5) is 81.8. The van der Waals surface area contributed by atoms with Gasteiger partial charge in [0.25, 0.3) is 5.56 Å². The van der Waals surface area contributed by atoms with Crippen molar-refractivity contribution in [2.75, 3.05) is 7.11 Å².